The molecule has 6 N–H and O–H groups in total. The van der Waals surface area contributed by atoms with Crippen LogP contribution in [0.15, 0.2) is 23.2 Å². The first-order valence-corrected chi connectivity index (χ1v) is 9.98. The fourth-order valence-corrected chi connectivity index (χ4v) is 3.75. The number of aromatic nitrogens is 1. The van der Waals surface area contributed by atoms with Crippen molar-refractivity contribution >= 4 is 23.3 Å². The molecule has 1 aromatic carbocycles. The van der Waals surface area contributed by atoms with Gasteiger partial charge in [-0.1, -0.05) is 12.1 Å². The summed E-state index contributed by atoms with van der Waals surface area (Å²) in [7, 11) is 0. The van der Waals surface area contributed by atoms with Gasteiger partial charge in [0.1, 0.15) is 35.1 Å². The van der Waals surface area contributed by atoms with Crippen LogP contribution in [0.5, 0.6) is 0 Å². The van der Waals surface area contributed by atoms with E-state index in [2.05, 4.69) is 20.6 Å². The van der Waals surface area contributed by atoms with Crippen molar-refractivity contribution in [2.75, 3.05) is 30.0 Å². The Morgan fingerprint density at radius 3 is 2.88 bits per heavy atom. The maximum absolute atomic E-state index is 14.9. The van der Waals surface area contributed by atoms with E-state index < -0.39 is 11.9 Å². The SMILES string of the molecule is N#CNC1=NC(c2ccc(COCC3CCCO3)c(F)c2)c2c(nc(N)c(C#N)c2N)N1. The second kappa shape index (κ2) is 9.06. The smallest absolute Gasteiger partial charge is 0.211 e. The van der Waals surface area contributed by atoms with Crippen LogP contribution in [0.25, 0.3) is 0 Å². The number of nitrogens with two attached hydrogens (primary N) is 2. The van der Waals surface area contributed by atoms with Gasteiger partial charge in [-0.2, -0.15) is 10.5 Å². The summed E-state index contributed by atoms with van der Waals surface area (Å²) >= 11 is 0. The molecule has 3 heterocycles. The number of rotatable bonds is 5. The second-order valence-electron chi connectivity index (χ2n) is 7.40. The van der Waals surface area contributed by atoms with Gasteiger partial charge < -0.3 is 26.3 Å². The van der Waals surface area contributed by atoms with Crippen molar-refractivity contribution in [2.24, 2.45) is 4.99 Å². The fourth-order valence-electron chi connectivity index (χ4n) is 3.75. The van der Waals surface area contributed by atoms with E-state index in [0.717, 1.165) is 19.4 Å². The number of hydrogen-bond acceptors (Lipinski definition) is 10. The van der Waals surface area contributed by atoms with E-state index in [0.29, 0.717) is 23.3 Å². The predicted molar refractivity (Wildman–Crippen MR) is 114 cm³/mol. The first-order chi connectivity index (χ1) is 15.5. The topological polar surface area (TPSA) is 167 Å². The van der Waals surface area contributed by atoms with Gasteiger partial charge in [0, 0.05) is 17.7 Å². The van der Waals surface area contributed by atoms with Crippen molar-refractivity contribution in [1.29, 1.82) is 10.5 Å². The highest BCUT2D eigenvalue weighted by molar-refractivity contribution is 5.98. The maximum Gasteiger partial charge on any atom is 0.211 e. The van der Waals surface area contributed by atoms with Gasteiger partial charge in [-0.3, -0.25) is 5.32 Å². The summed E-state index contributed by atoms with van der Waals surface area (Å²) in [6.45, 7) is 1.25. The lowest BCUT2D eigenvalue weighted by Gasteiger charge is -2.26. The average molecular weight is 436 g/mol. The first-order valence-electron chi connectivity index (χ1n) is 9.98. The number of hydrogen-bond donors (Lipinski definition) is 4. The van der Waals surface area contributed by atoms with Crippen molar-refractivity contribution in [2.45, 2.75) is 31.6 Å². The van der Waals surface area contributed by atoms with Gasteiger partial charge in [-0.25, -0.2) is 14.4 Å². The molecule has 0 bridgehead atoms. The van der Waals surface area contributed by atoms with E-state index in [1.54, 1.807) is 18.3 Å². The molecule has 2 aliphatic rings. The standard InChI is InChI=1S/C21H21FN8O2/c22-15-6-11(3-4-12(15)8-31-9-13-2-1-5-32-13)18-16-17(25)14(7-23)19(26)29-20(16)30-21(28-18)27-10-24/h3-4,6,13,18H,1-2,5,8-9H2,(H6,25,26,27,28,29,30). The van der Waals surface area contributed by atoms with Crippen molar-refractivity contribution in [3.05, 3.63) is 46.3 Å². The molecule has 2 atom stereocenters. The van der Waals surface area contributed by atoms with E-state index in [4.69, 9.17) is 26.2 Å². The number of halogens is 1. The lowest BCUT2D eigenvalue weighted by molar-refractivity contribution is 0.00982. The highest BCUT2D eigenvalue weighted by Gasteiger charge is 2.30. The van der Waals surface area contributed by atoms with Gasteiger partial charge in [0.25, 0.3) is 0 Å². The molecule has 0 aliphatic carbocycles. The number of anilines is 3. The van der Waals surface area contributed by atoms with Gasteiger partial charge in [-0.15, -0.1) is 0 Å². The monoisotopic (exact) mass is 436 g/mol. The summed E-state index contributed by atoms with van der Waals surface area (Å²) in [5, 5.41) is 23.6. The van der Waals surface area contributed by atoms with Gasteiger partial charge >= 0.3 is 0 Å². The highest BCUT2D eigenvalue weighted by atomic mass is 19.1. The number of fused-ring (bicyclic) bond motifs is 1. The molecule has 0 spiro atoms. The number of nitrogen functional groups attached to an aromatic ring is 2. The molecule has 32 heavy (non-hydrogen) atoms. The zero-order valence-electron chi connectivity index (χ0n) is 17.1. The molecule has 10 nitrogen and oxygen atoms in total. The van der Waals surface area contributed by atoms with E-state index >= 15 is 0 Å². The molecular weight excluding hydrogens is 415 g/mol. The molecule has 164 valence electrons. The normalized spacial score (nSPS) is 19.3. The Labute approximate surface area is 183 Å². The van der Waals surface area contributed by atoms with E-state index in [9.17, 15) is 9.65 Å². The molecule has 2 unspecified atom stereocenters. The van der Waals surface area contributed by atoms with Gasteiger partial charge in [0.2, 0.25) is 5.96 Å². The molecule has 2 aliphatic heterocycles. The minimum Gasteiger partial charge on any atom is -0.397 e. The second-order valence-corrected chi connectivity index (χ2v) is 7.40. The average Bonchev–Trinajstić information content (AvgIpc) is 3.28. The van der Waals surface area contributed by atoms with Gasteiger partial charge in [-0.05, 0) is 24.5 Å². The molecule has 1 aromatic heterocycles. The minimum atomic E-state index is -0.807. The quantitative estimate of drug-likeness (QED) is 0.404. The fraction of sp³-hybridized carbons (Fsp3) is 0.333. The lowest BCUT2D eigenvalue weighted by Crippen LogP contribution is -2.32. The van der Waals surface area contributed by atoms with Crippen LogP contribution in [0.4, 0.5) is 21.7 Å². The van der Waals surface area contributed by atoms with Crippen LogP contribution in [-0.2, 0) is 16.1 Å². The number of guanidine groups is 1. The molecular formula is C21H21FN8O2. The molecule has 11 heteroatoms. The lowest BCUT2D eigenvalue weighted by atomic mass is 9.94. The number of ether oxygens (including phenoxy) is 2. The summed E-state index contributed by atoms with van der Waals surface area (Å²) in [5.74, 6) is -0.188. The number of benzene rings is 1. The van der Waals surface area contributed by atoms with Crippen LogP contribution in [0, 0.1) is 28.6 Å². The number of nitrogens with zero attached hydrogens (tertiary/aromatic N) is 4. The number of nitriles is 2. The first kappa shape index (κ1) is 21.3. The Morgan fingerprint density at radius 2 is 2.19 bits per heavy atom. The maximum atomic E-state index is 14.9. The summed E-state index contributed by atoms with van der Waals surface area (Å²) in [5.41, 5.74) is 13.4. The highest BCUT2D eigenvalue weighted by Crippen LogP contribution is 2.40. The Hall–Kier alpha value is -3.93. The summed E-state index contributed by atoms with van der Waals surface area (Å²) < 4.78 is 26.0. The van der Waals surface area contributed by atoms with Crippen LogP contribution >= 0.6 is 0 Å². The third kappa shape index (κ3) is 4.12. The van der Waals surface area contributed by atoms with Crippen molar-refractivity contribution in [3.63, 3.8) is 0 Å². The van der Waals surface area contributed by atoms with Crippen LogP contribution in [-0.4, -0.2) is 30.3 Å². The third-order valence-corrected chi connectivity index (χ3v) is 5.34. The summed E-state index contributed by atoms with van der Waals surface area (Å²) in [6, 6.07) is 5.77. The van der Waals surface area contributed by atoms with Crippen molar-refractivity contribution in [3.8, 4) is 12.3 Å². The molecule has 0 amide bonds. The summed E-state index contributed by atoms with van der Waals surface area (Å²) in [6.07, 6.45) is 3.78. The van der Waals surface area contributed by atoms with E-state index in [1.807, 2.05) is 6.07 Å². The molecule has 2 aromatic rings. The van der Waals surface area contributed by atoms with Crippen LogP contribution < -0.4 is 22.1 Å². The molecule has 0 saturated carbocycles. The Kier molecular flexibility index (Phi) is 6.03. The Balaban J connectivity index is 1.64. The van der Waals surface area contributed by atoms with Crippen molar-refractivity contribution in [1.82, 2.24) is 10.3 Å². The van der Waals surface area contributed by atoms with E-state index in [1.165, 1.54) is 6.07 Å². The number of aliphatic imine (C=N–C) groups is 1. The molecule has 4 rings (SSSR count). The Bertz CT molecular complexity index is 1150. The zero-order chi connectivity index (χ0) is 22.7. The van der Waals surface area contributed by atoms with Gasteiger partial charge in [0.05, 0.1) is 25.0 Å². The van der Waals surface area contributed by atoms with Crippen LogP contribution in [0.2, 0.25) is 0 Å². The minimum absolute atomic E-state index is 0.0158. The molecule has 1 fully saturated rings. The van der Waals surface area contributed by atoms with Crippen LogP contribution in [0.1, 0.15) is 41.1 Å². The van der Waals surface area contributed by atoms with E-state index in [-0.39, 0.29) is 41.6 Å². The predicted octanol–water partition coefficient (Wildman–Crippen LogP) is 1.89. The molecule has 0 radical (unpaired) electrons. The molecule has 1 saturated heterocycles. The van der Waals surface area contributed by atoms with Crippen LogP contribution in [0.3, 0.4) is 0 Å². The number of pyridine rings is 1. The number of nitrogens with one attached hydrogen (secondary N) is 2. The third-order valence-electron chi connectivity index (χ3n) is 5.34. The van der Waals surface area contributed by atoms with Gasteiger partial charge in [0.15, 0.2) is 6.19 Å². The summed E-state index contributed by atoms with van der Waals surface area (Å²) in [4.78, 5) is 8.60. The Morgan fingerprint density at radius 1 is 1.34 bits per heavy atom. The zero-order valence-corrected chi connectivity index (χ0v) is 17.1. The largest absolute Gasteiger partial charge is 0.397 e. The van der Waals surface area contributed by atoms with Crippen molar-refractivity contribution < 1.29 is 13.9 Å².